The fraction of sp³-hybridized carbons (Fsp3) is 0.692. The van der Waals surface area contributed by atoms with E-state index in [1.165, 1.54) is 49.9 Å². The molecular weight excluding hydrogens is 254 g/mol. The summed E-state index contributed by atoms with van der Waals surface area (Å²) in [6.45, 7) is 0.640. The standard InChI is InChI=1S/C13H20ClNOS/c14-13-8-7-12(17-13)11(16)9-15-10-5-3-1-2-4-6-10/h7-8,10-11,15-16H,1-6,9H2. The molecule has 1 aliphatic carbocycles. The van der Waals surface area contributed by atoms with Gasteiger partial charge in [-0.25, -0.2) is 0 Å². The third-order valence-electron chi connectivity index (χ3n) is 3.38. The van der Waals surface area contributed by atoms with E-state index in [1.54, 1.807) is 0 Å². The molecular formula is C13H20ClNOS. The molecule has 2 nitrogen and oxygen atoms in total. The number of aliphatic hydroxyl groups excluding tert-OH is 1. The predicted octanol–water partition coefficient (Wildman–Crippen LogP) is 3.75. The molecule has 1 saturated carbocycles. The summed E-state index contributed by atoms with van der Waals surface area (Å²) in [7, 11) is 0. The van der Waals surface area contributed by atoms with E-state index in [0.717, 1.165) is 9.21 Å². The smallest absolute Gasteiger partial charge is 0.101 e. The van der Waals surface area contributed by atoms with Crippen molar-refractivity contribution >= 4 is 22.9 Å². The molecule has 0 amide bonds. The first-order valence-electron chi connectivity index (χ1n) is 6.42. The van der Waals surface area contributed by atoms with E-state index in [-0.39, 0.29) is 0 Å². The first-order valence-corrected chi connectivity index (χ1v) is 7.62. The van der Waals surface area contributed by atoms with E-state index in [0.29, 0.717) is 12.6 Å². The highest BCUT2D eigenvalue weighted by Crippen LogP contribution is 2.27. The quantitative estimate of drug-likeness (QED) is 0.819. The van der Waals surface area contributed by atoms with Gasteiger partial charge in [0.05, 0.1) is 4.34 Å². The Balaban J connectivity index is 1.77. The fourth-order valence-corrected chi connectivity index (χ4v) is 3.42. The van der Waals surface area contributed by atoms with Gasteiger partial charge in [0.15, 0.2) is 0 Å². The van der Waals surface area contributed by atoms with Gasteiger partial charge >= 0.3 is 0 Å². The van der Waals surface area contributed by atoms with Crippen LogP contribution in [0.5, 0.6) is 0 Å². The molecule has 96 valence electrons. The topological polar surface area (TPSA) is 32.3 Å². The van der Waals surface area contributed by atoms with Crippen LogP contribution in [-0.4, -0.2) is 17.7 Å². The zero-order valence-electron chi connectivity index (χ0n) is 9.99. The molecule has 0 spiro atoms. The molecule has 1 heterocycles. The fourth-order valence-electron chi connectivity index (χ4n) is 2.37. The Morgan fingerprint density at radius 1 is 1.29 bits per heavy atom. The minimum Gasteiger partial charge on any atom is -0.386 e. The van der Waals surface area contributed by atoms with Crippen molar-refractivity contribution in [3.8, 4) is 0 Å². The molecule has 0 aromatic carbocycles. The van der Waals surface area contributed by atoms with Gasteiger partial charge in [0.2, 0.25) is 0 Å². The van der Waals surface area contributed by atoms with Crippen molar-refractivity contribution < 1.29 is 5.11 Å². The molecule has 2 N–H and O–H groups in total. The maximum atomic E-state index is 10.0. The molecule has 0 bridgehead atoms. The van der Waals surface area contributed by atoms with Gasteiger partial charge in [-0.2, -0.15) is 0 Å². The molecule has 1 fully saturated rings. The zero-order chi connectivity index (χ0) is 12.1. The lowest BCUT2D eigenvalue weighted by Crippen LogP contribution is -2.32. The van der Waals surface area contributed by atoms with Crippen LogP contribution in [0.25, 0.3) is 0 Å². The Labute approximate surface area is 112 Å². The SMILES string of the molecule is OC(CNC1CCCCCC1)c1ccc(Cl)s1. The molecule has 0 radical (unpaired) electrons. The van der Waals surface area contributed by atoms with Gasteiger partial charge in [0, 0.05) is 17.5 Å². The number of hydrogen-bond donors (Lipinski definition) is 2. The number of hydrogen-bond acceptors (Lipinski definition) is 3. The average molecular weight is 274 g/mol. The second-order valence-electron chi connectivity index (χ2n) is 4.75. The summed E-state index contributed by atoms with van der Waals surface area (Å²) < 4.78 is 0.744. The van der Waals surface area contributed by atoms with Crippen LogP contribution in [0.3, 0.4) is 0 Å². The Hall–Kier alpha value is -0.0900. The summed E-state index contributed by atoms with van der Waals surface area (Å²) in [5, 5.41) is 13.5. The van der Waals surface area contributed by atoms with E-state index >= 15 is 0 Å². The van der Waals surface area contributed by atoms with Crippen LogP contribution in [0.1, 0.15) is 49.5 Å². The molecule has 4 heteroatoms. The first kappa shape index (κ1) is 13.3. The van der Waals surface area contributed by atoms with Gasteiger partial charge in [0.1, 0.15) is 6.10 Å². The minimum absolute atomic E-state index is 0.421. The number of thiophene rings is 1. The number of rotatable bonds is 4. The molecule has 0 aliphatic heterocycles. The lowest BCUT2D eigenvalue weighted by molar-refractivity contribution is 0.172. The summed E-state index contributed by atoms with van der Waals surface area (Å²) in [6.07, 6.45) is 7.44. The molecule has 1 atom stereocenters. The number of halogens is 1. The third kappa shape index (κ3) is 4.25. The molecule has 2 rings (SSSR count). The first-order chi connectivity index (χ1) is 8.25. The van der Waals surface area contributed by atoms with Crippen LogP contribution < -0.4 is 5.32 Å². The van der Waals surface area contributed by atoms with Crippen LogP contribution in [-0.2, 0) is 0 Å². The number of aliphatic hydroxyl groups is 1. The molecule has 0 saturated heterocycles. The lowest BCUT2D eigenvalue weighted by Gasteiger charge is -2.18. The van der Waals surface area contributed by atoms with Gasteiger partial charge in [-0.05, 0) is 25.0 Å². The van der Waals surface area contributed by atoms with E-state index in [1.807, 2.05) is 12.1 Å². The zero-order valence-corrected chi connectivity index (χ0v) is 11.6. The van der Waals surface area contributed by atoms with Crippen LogP contribution in [0.2, 0.25) is 4.34 Å². The summed E-state index contributed by atoms with van der Waals surface area (Å²) in [4.78, 5) is 0.955. The van der Waals surface area contributed by atoms with Gasteiger partial charge in [0.25, 0.3) is 0 Å². The molecule has 17 heavy (non-hydrogen) atoms. The Kier molecular flexibility index (Phi) is 5.29. The highest BCUT2D eigenvalue weighted by atomic mass is 35.5. The summed E-state index contributed by atoms with van der Waals surface area (Å²) in [6, 6.07) is 4.34. The van der Waals surface area contributed by atoms with Crippen molar-refractivity contribution in [2.24, 2.45) is 0 Å². The van der Waals surface area contributed by atoms with Gasteiger partial charge in [-0.15, -0.1) is 11.3 Å². The normalized spacial score (nSPS) is 20.1. The minimum atomic E-state index is -0.421. The molecule has 1 unspecified atom stereocenters. The van der Waals surface area contributed by atoms with E-state index < -0.39 is 6.10 Å². The highest BCUT2D eigenvalue weighted by Gasteiger charge is 2.15. The van der Waals surface area contributed by atoms with Crippen molar-refractivity contribution in [1.29, 1.82) is 0 Å². The Morgan fingerprint density at radius 3 is 2.59 bits per heavy atom. The maximum Gasteiger partial charge on any atom is 0.101 e. The maximum absolute atomic E-state index is 10.0. The molecule has 1 aromatic rings. The third-order valence-corrected chi connectivity index (χ3v) is 4.71. The van der Waals surface area contributed by atoms with E-state index in [2.05, 4.69) is 5.32 Å². The average Bonchev–Trinajstić information content (AvgIpc) is 2.61. The molecule has 1 aromatic heterocycles. The summed E-state index contributed by atoms with van der Waals surface area (Å²) in [5.41, 5.74) is 0. The Morgan fingerprint density at radius 2 is 2.00 bits per heavy atom. The molecule has 1 aliphatic rings. The van der Waals surface area contributed by atoms with Crippen molar-refractivity contribution in [3.05, 3.63) is 21.3 Å². The second kappa shape index (κ2) is 6.74. The van der Waals surface area contributed by atoms with E-state index in [4.69, 9.17) is 11.6 Å². The Bertz CT molecular complexity index is 334. The van der Waals surface area contributed by atoms with Crippen LogP contribution in [0, 0.1) is 0 Å². The van der Waals surface area contributed by atoms with Crippen LogP contribution >= 0.6 is 22.9 Å². The van der Waals surface area contributed by atoms with Crippen molar-refractivity contribution in [2.45, 2.75) is 50.7 Å². The predicted molar refractivity (Wildman–Crippen MR) is 73.8 cm³/mol. The van der Waals surface area contributed by atoms with Gasteiger partial charge in [-0.1, -0.05) is 37.3 Å². The second-order valence-corrected chi connectivity index (χ2v) is 6.50. The van der Waals surface area contributed by atoms with E-state index in [9.17, 15) is 5.11 Å². The van der Waals surface area contributed by atoms with Crippen molar-refractivity contribution in [3.63, 3.8) is 0 Å². The monoisotopic (exact) mass is 273 g/mol. The van der Waals surface area contributed by atoms with Gasteiger partial charge in [-0.3, -0.25) is 0 Å². The summed E-state index contributed by atoms with van der Waals surface area (Å²) >= 11 is 7.32. The van der Waals surface area contributed by atoms with Crippen molar-refractivity contribution in [1.82, 2.24) is 5.32 Å². The number of nitrogens with one attached hydrogen (secondary N) is 1. The van der Waals surface area contributed by atoms with Crippen LogP contribution in [0.4, 0.5) is 0 Å². The highest BCUT2D eigenvalue weighted by molar-refractivity contribution is 7.16. The van der Waals surface area contributed by atoms with Gasteiger partial charge < -0.3 is 10.4 Å². The lowest BCUT2D eigenvalue weighted by atomic mass is 10.1. The summed E-state index contributed by atoms with van der Waals surface area (Å²) in [5.74, 6) is 0. The largest absolute Gasteiger partial charge is 0.386 e. The van der Waals surface area contributed by atoms with Crippen molar-refractivity contribution in [2.75, 3.05) is 6.54 Å². The van der Waals surface area contributed by atoms with Crippen LogP contribution in [0.15, 0.2) is 12.1 Å².